The zero-order chi connectivity index (χ0) is 12.4. The van der Waals surface area contributed by atoms with E-state index < -0.39 is 0 Å². The van der Waals surface area contributed by atoms with E-state index in [9.17, 15) is 5.11 Å². The summed E-state index contributed by atoms with van der Waals surface area (Å²) in [7, 11) is 0. The Hall–Kier alpha value is -0.0800. The van der Waals surface area contributed by atoms with Crippen LogP contribution in [0.3, 0.4) is 0 Å². The van der Waals surface area contributed by atoms with Gasteiger partial charge in [-0.2, -0.15) is 0 Å². The first-order valence-electron chi connectivity index (χ1n) is 7.55. The van der Waals surface area contributed by atoms with Gasteiger partial charge in [-0.25, -0.2) is 0 Å². The fourth-order valence-corrected chi connectivity index (χ4v) is 3.45. The van der Waals surface area contributed by atoms with Crippen LogP contribution in [0.2, 0.25) is 0 Å². The van der Waals surface area contributed by atoms with E-state index >= 15 is 0 Å². The van der Waals surface area contributed by atoms with Crippen LogP contribution in [0.5, 0.6) is 0 Å². The van der Waals surface area contributed by atoms with Crippen LogP contribution in [0.15, 0.2) is 0 Å². The fourth-order valence-electron chi connectivity index (χ4n) is 3.45. The summed E-state index contributed by atoms with van der Waals surface area (Å²) in [5, 5.41) is 9.95. The normalized spacial score (nSPS) is 34.6. The van der Waals surface area contributed by atoms with Crippen LogP contribution in [0.1, 0.15) is 59.3 Å². The smallest absolute Gasteiger partial charge is 0.0555 e. The van der Waals surface area contributed by atoms with E-state index in [2.05, 4.69) is 25.7 Å². The Morgan fingerprint density at radius 3 is 2.41 bits per heavy atom. The van der Waals surface area contributed by atoms with Gasteiger partial charge < -0.3 is 5.11 Å². The Balaban J connectivity index is 2.02. The summed E-state index contributed by atoms with van der Waals surface area (Å²) in [6, 6.07) is 1.49. The molecule has 0 bridgehead atoms. The molecule has 0 aromatic rings. The van der Waals surface area contributed by atoms with Crippen LogP contribution in [0, 0.1) is 11.8 Å². The van der Waals surface area contributed by atoms with Gasteiger partial charge in [-0.05, 0) is 43.9 Å². The van der Waals surface area contributed by atoms with Crippen molar-refractivity contribution < 1.29 is 5.11 Å². The van der Waals surface area contributed by atoms with Gasteiger partial charge in [0.05, 0.1) is 6.10 Å². The van der Waals surface area contributed by atoms with Gasteiger partial charge in [-0.1, -0.05) is 27.2 Å². The maximum Gasteiger partial charge on any atom is 0.0555 e. The van der Waals surface area contributed by atoms with Crippen LogP contribution < -0.4 is 0 Å². The Morgan fingerprint density at radius 2 is 1.88 bits per heavy atom. The lowest BCUT2D eigenvalue weighted by Gasteiger charge is -2.42. The van der Waals surface area contributed by atoms with Gasteiger partial charge in [0, 0.05) is 18.6 Å². The first kappa shape index (κ1) is 13.4. The summed E-state index contributed by atoms with van der Waals surface area (Å²) < 4.78 is 0. The van der Waals surface area contributed by atoms with Gasteiger partial charge in [0.1, 0.15) is 0 Å². The van der Waals surface area contributed by atoms with Crippen molar-refractivity contribution >= 4 is 0 Å². The summed E-state index contributed by atoms with van der Waals surface area (Å²) in [6.07, 6.45) is 7.27. The second kappa shape index (κ2) is 5.71. The molecule has 2 heteroatoms. The minimum atomic E-state index is -0.0452. The van der Waals surface area contributed by atoms with Crippen molar-refractivity contribution in [3.8, 4) is 0 Å². The Labute approximate surface area is 106 Å². The van der Waals surface area contributed by atoms with Crippen LogP contribution in [-0.2, 0) is 0 Å². The Kier molecular flexibility index (Phi) is 4.48. The van der Waals surface area contributed by atoms with E-state index in [0.29, 0.717) is 6.04 Å². The zero-order valence-electron chi connectivity index (χ0n) is 11.7. The van der Waals surface area contributed by atoms with Gasteiger partial charge >= 0.3 is 0 Å². The third-order valence-electron chi connectivity index (χ3n) is 4.47. The van der Waals surface area contributed by atoms with Crippen molar-refractivity contribution in [2.45, 2.75) is 77.5 Å². The molecular weight excluding hydrogens is 210 g/mol. The molecule has 2 rings (SSSR count). The third-order valence-corrected chi connectivity index (χ3v) is 4.47. The van der Waals surface area contributed by atoms with Crippen LogP contribution in [-0.4, -0.2) is 34.7 Å². The lowest BCUT2D eigenvalue weighted by Crippen LogP contribution is -2.48. The van der Waals surface area contributed by atoms with Crippen molar-refractivity contribution in [2.75, 3.05) is 6.54 Å². The first-order chi connectivity index (χ1) is 8.11. The summed E-state index contributed by atoms with van der Waals surface area (Å²) in [5.74, 6) is 1.56. The quantitative estimate of drug-likeness (QED) is 0.797. The number of nitrogens with zero attached hydrogens (tertiary/aromatic N) is 1. The highest BCUT2D eigenvalue weighted by molar-refractivity contribution is 4.94. The molecule has 100 valence electrons. The number of aliphatic hydroxyl groups is 1. The highest BCUT2D eigenvalue weighted by atomic mass is 16.3. The Morgan fingerprint density at radius 1 is 1.18 bits per heavy atom. The average Bonchev–Trinajstić information content (AvgIpc) is 3.09. The molecule has 0 heterocycles. The number of hydrogen-bond donors (Lipinski definition) is 1. The van der Waals surface area contributed by atoms with Crippen molar-refractivity contribution in [3.63, 3.8) is 0 Å². The highest BCUT2D eigenvalue weighted by Crippen LogP contribution is 2.38. The highest BCUT2D eigenvalue weighted by Gasteiger charge is 2.39. The van der Waals surface area contributed by atoms with E-state index in [4.69, 9.17) is 0 Å². The Bertz CT molecular complexity index is 237. The predicted octanol–water partition coefficient (Wildman–Crippen LogP) is 3.05. The second-order valence-electron chi connectivity index (χ2n) is 6.52. The predicted molar refractivity (Wildman–Crippen MR) is 72.0 cm³/mol. The first-order valence-corrected chi connectivity index (χ1v) is 7.55. The van der Waals surface area contributed by atoms with Gasteiger partial charge in [0.15, 0.2) is 0 Å². The molecule has 2 saturated carbocycles. The maximum absolute atomic E-state index is 9.95. The number of rotatable bonds is 5. The van der Waals surface area contributed by atoms with Gasteiger partial charge in [0.25, 0.3) is 0 Å². The summed E-state index contributed by atoms with van der Waals surface area (Å²) in [4.78, 5) is 2.74. The number of aliphatic hydroxyl groups excluding tert-OH is 1. The van der Waals surface area contributed by atoms with Crippen molar-refractivity contribution in [3.05, 3.63) is 0 Å². The third kappa shape index (κ3) is 3.45. The number of hydrogen-bond acceptors (Lipinski definition) is 2. The summed E-state index contributed by atoms with van der Waals surface area (Å²) >= 11 is 0. The van der Waals surface area contributed by atoms with Crippen molar-refractivity contribution in [2.24, 2.45) is 11.8 Å². The molecule has 0 aliphatic heterocycles. The SMILES string of the molecule is CCC1CCC(O)CC1N(CC(C)C)C1CC1. The molecule has 0 radical (unpaired) electrons. The molecule has 3 atom stereocenters. The summed E-state index contributed by atoms with van der Waals surface area (Å²) in [6.45, 7) is 8.17. The summed E-state index contributed by atoms with van der Waals surface area (Å²) in [5.41, 5.74) is 0. The second-order valence-corrected chi connectivity index (χ2v) is 6.52. The average molecular weight is 239 g/mol. The van der Waals surface area contributed by atoms with Crippen molar-refractivity contribution in [1.29, 1.82) is 0 Å². The zero-order valence-corrected chi connectivity index (χ0v) is 11.7. The molecule has 2 fully saturated rings. The van der Waals surface area contributed by atoms with Gasteiger partial charge in [-0.3, -0.25) is 4.90 Å². The van der Waals surface area contributed by atoms with E-state index in [1.807, 2.05) is 0 Å². The van der Waals surface area contributed by atoms with E-state index in [-0.39, 0.29) is 6.10 Å². The molecule has 0 amide bonds. The van der Waals surface area contributed by atoms with E-state index in [1.165, 1.54) is 32.2 Å². The maximum atomic E-state index is 9.95. The minimum Gasteiger partial charge on any atom is -0.393 e. The topological polar surface area (TPSA) is 23.5 Å². The fraction of sp³-hybridized carbons (Fsp3) is 1.00. The van der Waals surface area contributed by atoms with E-state index in [1.54, 1.807) is 0 Å². The molecule has 0 aromatic carbocycles. The molecule has 0 spiro atoms. The molecule has 1 N–H and O–H groups in total. The molecule has 0 aromatic heterocycles. The molecule has 2 aliphatic carbocycles. The molecule has 17 heavy (non-hydrogen) atoms. The molecule has 3 unspecified atom stereocenters. The molecule has 2 nitrogen and oxygen atoms in total. The van der Waals surface area contributed by atoms with E-state index in [0.717, 1.165) is 30.7 Å². The lowest BCUT2D eigenvalue weighted by atomic mass is 9.80. The van der Waals surface area contributed by atoms with Gasteiger partial charge in [0.2, 0.25) is 0 Å². The van der Waals surface area contributed by atoms with Crippen LogP contribution >= 0.6 is 0 Å². The largest absolute Gasteiger partial charge is 0.393 e. The lowest BCUT2D eigenvalue weighted by molar-refractivity contribution is 0.0165. The van der Waals surface area contributed by atoms with Crippen LogP contribution in [0.25, 0.3) is 0 Å². The van der Waals surface area contributed by atoms with Crippen LogP contribution in [0.4, 0.5) is 0 Å². The minimum absolute atomic E-state index is 0.0452. The standard InChI is InChI=1S/C15H29NO/c1-4-12-5-8-14(17)9-15(12)16(10-11(2)3)13-6-7-13/h11-15,17H,4-10H2,1-3H3. The monoisotopic (exact) mass is 239 g/mol. The molecular formula is C15H29NO. The molecule has 0 saturated heterocycles. The van der Waals surface area contributed by atoms with Gasteiger partial charge in [-0.15, -0.1) is 0 Å². The molecule has 2 aliphatic rings. The van der Waals surface area contributed by atoms with Crippen molar-refractivity contribution in [1.82, 2.24) is 4.90 Å².